The smallest absolute Gasteiger partial charge is 0.240 e. The molecule has 0 fully saturated rings. The molecule has 0 aliphatic rings. The lowest BCUT2D eigenvalue weighted by Crippen LogP contribution is -2.28. The van der Waals surface area contributed by atoms with Gasteiger partial charge in [-0.25, -0.2) is 13.1 Å². The van der Waals surface area contributed by atoms with Crippen LogP contribution in [0.4, 0.5) is 0 Å². The summed E-state index contributed by atoms with van der Waals surface area (Å²) in [6.07, 6.45) is -1.04. The molecule has 1 unspecified atom stereocenters. The van der Waals surface area contributed by atoms with Crippen molar-refractivity contribution < 1.29 is 23.0 Å². The summed E-state index contributed by atoms with van der Waals surface area (Å²) in [5.41, 5.74) is 0.506. The molecule has 24 heavy (non-hydrogen) atoms. The molecule has 0 aliphatic heterocycles. The molecule has 2 aromatic carbocycles. The highest BCUT2D eigenvalue weighted by Gasteiger charge is 2.17. The number of aliphatic hydroxyl groups is 1. The Morgan fingerprint density at radius 3 is 2.29 bits per heavy atom. The number of rotatable bonds is 7. The van der Waals surface area contributed by atoms with Crippen molar-refractivity contribution in [3.05, 3.63) is 53.1 Å². The first kappa shape index (κ1) is 18.5. The summed E-state index contributed by atoms with van der Waals surface area (Å²) in [7, 11) is -0.742. The van der Waals surface area contributed by atoms with E-state index in [-0.39, 0.29) is 11.4 Å². The molecular formula is C16H18ClNO5S. The van der Waals surface area contributed by atoms with E-state index in [1.807, 2.05) is 0 Å². The third-order valence-electron chi connectivity index (χ3n) is 3.38. The lowest BCUT2D eigenvalue weighted by Gasteiger charge is -2.15. The first-order valence-corrected chi connectivity index (χ1v) is 8.88. The van der Waals surface area contributed by atoms with Crippen LogP contribution in [0.5, 0.6) is 11.5 Å². The molecule has 2 aromatic rings. The molecule has 8 heteroatoms. The summed E-state index contributed by atoms with van der Waals surface area (Å²) >= 11 is 5.75. The second-order valence-electron chi connectivity index (χ2n) is 4.94. The largest absolute Gasteiger partial charge is 0.493 e. The summed E-state index contributed by atoms with van der Waals surface area (Å²) in [5.74, 6) is 0.977. The van der Waals surface area contributed by atoms with Crippen LogP contribution < -0.4 is 14.2 Å². The minimum Gasteiger partial charge on any atom is -0.493 e. The quantitative estimate of drug-likeness (QED) is 0.780. The van der Waals surface area contributed by atoms with Gasteiger partial charge in [-0.1, -0.05) is 17.7 Å². The molecule has 2 N–H and O–H groups in total. The van der Waals surface area contributed by atoms with Gasteiger partial charge in [0.15, 0.2) is 11.5 Å². The Balaban J connectivity index is 2.09. The lowest BCUT2D eigenvalue weighted by molar-refractivity contribution is 0.181. The van der Waals surface area contributed by atoms with Gasteiger partial charge in [0.1, 0.15) is 0 Å². The maximum atomic E-state index is 12.2. The van der Waals surface area contributed by atoms with E-state index in [1.165, 1.54) is 38.5 Å². The van der Waals surface area contributed by atoms with E-state index < -0.39 is 16.1 Å². The van der Waals surface area contributed by atoms with Gasteiger partial charge >= 0.3 is 0 Å². The van der Waals surface area contributed by atoms with Crippen LogP contribution in [-0.4, -0.2) is 34.3 Å². The zero-order chi connectivity index (χ0) is 17.7. The van der Waals surface area contributed by atoms with E-state index in [0.717, 1.165) is 0 Å². The monoisotopic (exact) mass is 371 g/mol. The fourth-order valence-corrected chi connectivity index (χ4v) is 3.23. The molecule has 130 valence electrons. The van der Waals surface area contributed by atoms with Gasteiger partial charge in [0.2, 0.25) is 10.0 Å². The van der Waals surface area contributed by atoms with Crippen LogP contribution in [0.25, 0.3) is 0 Å². The molecule has 0 aliphatic carbocycles. The molecule has 1 atom stereocenters. The maximum Gasteiger partial charge on any atom is 0.240 e. The zero-order valence-electron chi connectivity index (χ0n) is 13.2. The van der Waals surface area contributed by atoms with E-state index in [0.29, 0.717) is 22.1 Å². The summed E-state index contributed by atoms with van der Waals surface area (Å²) in [4.78, 5) is 0.0754. The highest BCUT2D eigenvalue weighted by atomic mass is 35.5. The van der Waals surface area contributed by atoms with E-state index in [1.54, 1.807) is 18.2 Å². The van der Waals surface area contributed by atoms with Gasteiger partial charge in [0, 0.05) is 11.6 Å². The molecular weight excluding hydrogens is 354 g/mol. The first-order valence-electron chi connectivity index (χ1n) is 7.02. The highest BCUT2D eigenvalue weighted by molar-refractivity contribution is 7.89. The number of halogens is 1. The van der Waals surface area contributed by atoms with Gasteiger partial charge in [0.25, 0.3) is 0 Å². The number of benzene rings is 2. The molecule has 0 heterocycles. The van der Waals surface area contributed by atoms with Gasteiger partial charge in [-0.15, -0.1) is 0 Å². The van der Waals surface area contributed by atoms with Crippen LogP contribution >= 0.6 is 11.6 Å². The van der Waals surface area contributed by atoms with Crippen LogP contribution in [0.3, 0.4) is 0 Å². The number of hydrogen-bond acceptors (Lipinski definition) is 5. The predicted octanol–water partition coefficient (Wildman–Crippen LogP) is 2.37. The Kier molecular flexibility index (Phi) is 6.06. The topological polar surface area (TPSA) is 84.9 Å². The van der Waals surface area contributed by atoms with E-state index in [9.17, 15) is 13.5 Å². The van der Waals surface area contributed by atoms with Gasteiger partial charge in [-0.05, 0) is 42.0 Å². The van der Waals surface area contributed by atoms with Gasteiger partial charge in [0.05, 0.1) is 25.2 Å². The average Bonchev–Trinajstić information content (AvgIpc) is 2.59. The van der Waals surface area contributed by atoms with Crippen LogP contribution in [0, 0.1) is 0 Å². The van der Waals surface area contributed by atoms with Crippen LogP contribution in [0.2, 0.25) is 5.02 Å². The summed E-state index contributed by atoms with van der Waals surface area (Å²) in [5, 5.41) is 10.7. The van der Waals surface area contributed by atoms with Crippen molar-refractivity contribution in [2.24, 2.45) is 0 Å². The average molecular weight is 372 g/mol. The fraction of sp³-hybridized carbons (Fsp3) is 0.250. The standard InChI is InChI=1S/C16H18ClNO5S/c1-22-15-8-3-11(9-16(15)23-2)14(19)10-18-24(20,21)13-6-4-12(17)5-7-13/h3-9,14,18-19H,10H2,1-2H3. The van der Waals surface area contributed by atoms with Crippen molar-refractivity contribution in [1.82, 2.24) is 4.72 Å². The Bertz CT molecular complexity index is 793. The number of nitrogens with one attached hydrogen (secondary N) is 1. The van der Waals surface area contributed by atoms with Crippen LogP contribution in [0.15, 0.2) is 47.4 Å². The lowest BCUT2D eigenvalue weighted by atomic mass is 10.1. The second kappa shape index (κ2) is 7.85. The molecule has 0 radical (unpaired) electrons. The number of aliphatic hydroxyl groups excluding tert-OH is 1. The number of methoxy groups -OCH3 is 2. The second-order valence-corrected chi connectivity index (χ2v) is 7.14. The molecule has 0 spiro atoms. The fourth-order valence-electron chi connectivity index (χ4n) is 2.06. The Labute approximate surface area is 146 Å². The number of sulfonamides is 1. The third kappa shape index (κ3) is 4.39. The van der Waals surface area contributed by atoms with Crippen molar-refractivity contribution in [1.29, 1.82) is 0 Å². The van der Waals surface area contributed by atoms with Crippen LogP contribution in [0.1, 0.15) is 11.7 Å². The van der Waals surface area contributed by atoms with E-state index in [4.69, 9.17) is 21.1 Å². The zero-order valence-corrected chi connectivity index (χ0v) is 14.8. The molecule has 0 amide bonds. The van der Waals surface area contributed by atoms with Gasteiger partial charge in [-0.3, -0.25) is 0 Å². The van der Waals surface area contributed by atoms with Crippen molar-refractivity contribution in [3.8, 4) is 11.5 Å². The number of ether oxygens (including phenoxy) is 2. The summed E-state index contributed by atoms with van der Waals surface area (Å²) in [6.45, 7) is -0.180. The normalized spacial score (nSPS) is 12.7. The van der Waals surface area contributed by atoms with E-state index in [2.05, 4.69) is 4.72 Å². The van der Waals surface area contributed by atoms with E-state index >= 15 is 0 Å². The van der Waals surface area contributed by atoms with Crippen molar-refractivity contribution in [2.75, 3.05) is 20.8 Å². The predicted molar refractivity (Wildman–Crippen MR) is 91.1 cm³/mol. The molecule has 0 saturated heterocycles. The van der Waals surface area contributed by atoms with Gasteiger partial charge in [-0.2, -0.15) is 0 Å². The minimum absolute atomic E-state index is 0.0754. The first-order chi connectivity index (χ1) is 11.4. The van der Waals surface area contributed by atoms with Crippen LogP contribution in [-0.2, 0) is 10.0 Å². The molecule has 2 rings (SSSR count). The Hall–Kier alpha value is -1.80. The Morgan fingerprint density at radius 2 is 1.71 bits per heavy atom. The number of hydrogen-bond donors (Lipinski definition) is 2. The van der Waals surface area contributed by atoms with Crippen molar-refractivity contribution in [3.63, 3.8) is 0 Å². The SMILES string of the molecule is COc1ccc(C(O)CNS(=O)(=O)c2ccc(Cl)cc2)cc1OC. The molecule has 6 nitrogen and oxygen atoms in total. The van der Waals surface area contributed by atoms with Gasteiger partial charge < -0.3 is 14.6 Å². The maximum absolute atomic E-state index is 12.2. The summed E-state index contributed by atoms with van der Waals surface area (Å²) in [6, 6.07) is 10.6. The third-order valence-corrected chi connectivity index (χ3v) is 5.07. The highest BCUT2D eigenvalue weighted by Crippen LogP contribution is 2.29. The van der Waals surface area contributed by atoms with Crippen molar-refractivity contribution in [2.45, 2.75) is 11.0 Å². The summed E-state index contributed by atoms with van der Waals surface area (Å²) < 4.78 is 37.0. The molecule has 0 saturated carbocycles. The Morgan fingerprint density at radius 1 is 1.08 bits per heavy atom. The molecule has 0 aromatic heterocycles. The minimum atomic E-state index is -3.73. The molecule has 0 bridgehead atoms. The van der Waals surface area contributed by atoms with Crippen molar-refractivity contribution >= 4 is 21.6 Å².